The Morgan fingerprint density at radius 2 is 1.77 bits per heavy atom. The zero-order chi connectivity index (χ0) is 18.1. The first-order valence-electron chi connectivity index (χ1n) is 8.66. The number of piperazine rings is 1. The molecule has 6 heteroatoms. The van der Waals surface area contributed by atoms with Crippen molar-refractivity contribution < 1.29 is 4.79 Å². The molecule has 1 amide bonds. The summed E-state index contributed by atoms with van der Waals surface area (Å²) >= 11 is 12.1. The number of para-hydroxylation sites is 1. The Morgan fingerprint density at radius 3 is 2.50 bits per heavy atom. The van der Waals surface area contributed by atoms with Crippen LogP contribution in [0, 0.1) is 0 Å². The van der Waals surface area contributed by atoms with Crippen LogP contribution in [-0.2, 0) is 17.8 Å². The molecular weight excluding hydrogens is 369 g/mol. The standard InChI is InChI=1S/C20H19Cl2N3O/c21-16-7-14(8-17(22)10-16)11-24-5-6-25(20(26)13-24)12-18-9-15-3-1-2-4-19(15)23-18/h1-4,7-8,10H,5-6,9,11-13H2. The van der Waals surface area contributed by atoms with Gasteiger partial charge < -0.3 is 4.90 Å². The number of carbonyl (C=O) groups excluding carboxylic acids is 1. The van der Waals surface area contributed by atoms with E-state index < -0.39 is 0 Å². The summed E-state index contributed by atoms with van der Waals surface area (Å²) in [5.41, 5.74) is 4.37. The molecule has 1 saturated heterocycles. The summed E-state index contributed by atoms with van der Waals surface area (Å²) < 4.78 is 0. The fourth-order valence-electron chi connectivity index (χ4n) is 3.53. The Bertz CT molecular complexity index is 861. The second-order valence-electron chi connectivity index (χ2n) is 6.79. The van der Waals surface area contributed by atoms with E-state index in [-0.39, 0.29) is 5.91 Å². The number of benzene rings is 2. The molecule has 0 atom stereocenters. The van der Waals surface area contributed by atoms with Crippen LogP contribution < -0.4 is 0 Å². The van der Waals surface area contributed by atoms with Crippen molar-refractivity contribution in [1.82, 2.24) is 9.80 Å². The van der Waals surface area contributed by atoms with Crippen LogP contribution in [0.2, 0.25) is 10.0 Å². The minimum Gasteiger partial charge on any atom is -0.335 e. The molecule has 4 nitrogen and oxygen atoms in total. The average Bonchev–Trinajstić information content (AvgIpc) is 2.99. The van der Waals surface area contributed by atoms with Crippen molar-refractivity contribution in [3.63, 3.8) is 0 Å². The lowest BCUT2D eigenvalue weighted by Crippen LogP contribution is -2.51. The normalized spacial score (nSPS) is 17.4. The molecule has 4 rings (SSSR count). The van der Waals surface area contributed by atoms with Crippen LogP contribution in [0.3, 0.4) is 0 Å². The molecule has 0 unspecified atom stereocenters. The molecule has 0 aromatic heterocycles. The molecule has 0 saturated carbocycles. The minimum atomic E-state index is 0.142. The lowest BCUT2D eigenvalue weighted by molar-refractivity contribution is -0.135. The number of fused-ring (bicyclic) bond motifs is 1. The number of rotatable bonds is 4. The molecule has 134 valence electrons. The fourth-order valence-corrected chi connectivity index (χ4v) is 4.10. The van der Waals surface area contributed by atoms with Crippen molar-refractivity contribution in [3.05, 3.63) is 63.6 Å². The summed E-state index contributed by atoms with van der Waals surface area (Å²) in [6.45, 7) is 3.24. The third-order valence-corrected chi connectivity index (χ3v) is 5.20. The Kier molecular flexibility index (Phi) is 4.98. The van der Waals surface area contributed by atoms with Gasteiger partial charge in [-0.3, -0.25) is 14.7 Å². The number of hydrogen-bond donors (Lipinski definition) is 0. The second-order valence-corrected chi connectivity index (χ2v) is 7.66. The summed E-state index contributed by atoms with van der Waals surface area (Å²) in [6.07, 6.45) is 0.838. The van der Waals surface area contributed by atoms with Gasteiger partial charge in [-0.1, -0.05) is 41.4 Å². The maximum Gasteiger partial charge on any atom is 0.237 e. The highest BCUT2D eigenvalue weighted by atomic mass is 35.5. The van der Waals surface area contributed by atoms with E-state index in [0.717, 1.165) is 29.9 Å². The molecule has 0 spiro atoms. The molecule has 1 fully saturated rings. The number of carbonyl (C=O) groups is 1. The summed E-state index contributed by atoms with van der Waals surface area (Å²) in [7, 11) is 0. The SMILES string of the molecule is O=C1CN(Cc2cc(Cl)cc(Cl)c2)CCN1CC1=Nc2ccccc2C1. The van der Waals surface area contributed by atoms with Crippen LogP contribution in [0.15, 0.2) is 47.5 Å². The minimum absolute atomic E-state index is 0.142. The zero-order valence-electron chi connectivity index (χ0n) is 14.3. The molecule has 2 aromatic rings. The number of amides is 1. The van der Waals surface area contributed by atoms with Gasteiger partial charge in [-0.2, -0.15) is 0 Å². The molecule has 2 aliphatic heterocycles. The summed E-state index contributed by atoms with van der Waals surface area (Å²) in [5.74, 6) is 0.142. The van der Waals surface area contributed by atoms with Gasteiger partial charge in [-0.15, -0.1) is 0 Å². The van der Waals surface area contributed by atoms with E-state index in [4.69, 9.17) is 23.2 Å². The molecule has 2 aliphatic rings. The van der Waals surface area contributed by atoms with Gasteiger partial charge in [0, 0.05) is 41.8 Å². The van der Waals surface area contributed by atoms with Gasteiger partial charge in [-0.05, 0) is 35.4 Å². The smallest absolute Gasteiger partial charge is 0.237 e. The number of halogens is 2. The highest BCUT2D eigenvalue weighted by Gasteiger charge is 2.26. The van der Waals surface area contributed by atoms with E-state index in [2.05, 4.69) is 16.0 Å². The zero-order valence-corrected chi connectivity index (χ0v) is 15.8. The number of aliphatic imine (C=N–C) groups is 1. The van der Waals surface area contributed by atoms with Crippen molar-refractivity contribution >= 4 is 40.5 Å². The Hall–Kier alpha value is -1.88. The molecule has 0 aliphatic carbocycles. The maximum atomic E-state index is 12.6. The Balaban J connectivity index is 1.35. The quantitative estimate of drug-likeness (QED) is 0.795. The van der Waals surface area contributed by atoms with Crippen molar-refractivity contribution in [2.24, 2.45) is 4.99 Å². The first kappa shape index (κ1) is 17.5. The highest BCUT2D eigenvalue weighted by Crippen LogP contribution is 2.26. The number of hydrogen-bond acceptors (Lipinski definition) is 3. The predicted molar refractivity (Wildman–Crippen MR) is 106 cm³/mol. The van der Waals surface area contributed by atoms with Gasteiger partial charge in [0.25, 0.3) is 0 Å². The molecule has 26 heavy (non-hydrogen) atoms. The monoisotopic (exact) mass is 387 g/mol. The third kappa shape index (κ3) is 3.93. The average molecular weight is 388 g/mol. The van der Waals surface area contributed by atoms with Gasteiger partial charge in [0.05, 0.1) is 18.8 Å². The van der Waals surface area contributed by atoms with Crippen LogP contribution in [0.5, 0.6) is 0 Å². The Labute approximate surface area is 163 Å². The van der Waals surface area contributed by atoms with E-state index in [1.54, 1.807) is 6.07 Å². The predicted octanol–water partition coefficient (Wildman–Crippen LogP) is 3.97. The summed E-state index contributed by atoms with van der Waals surface area (Å²) in [6, 6.07) is 13.7. The van der Waals surface area contributed by atoms with Crippen LogP contribution in [0.4, 0.5) is 5.69 Å². The van der Waals surface area contributed by atoms with Crippen LogP contribution >= 0.6 is 23.2 Å². The molecule has 2 heterocycles. The fraction of sp³-hybridized carbons (Fsp3) is 0.300. The largest absolute Gasteiger partial charge is 0.335 e. The maximum absolute atomic E-state index is 12.6. The topological polar surface area (TPSA) is 35.9 Å². The van der Waals surface area contributed by atoms with Gasteiger partial charge in [0.1, 0.15) is 0 Å². The molecule has 0 bridgehead atoms. The Morgan fingerprint density at radius 1 is 1.00 bits per heavy atom. The van der Waals surface area contributed by atoms with E-state index in [9.17, 15) is 4.79 Å². The summed E-state index contributed by atoms with van der Waals surface area (Å²) in [5, 5.41) is 1.24. The molecule has 0 N–H and O–H groups in total. The summed E-state index contributed by atoms with van der Waals surface area (Å²) in [4.78, 5) is 21.3. The first-order chi connectivity index (χ1) is 12.6. The lowest BCUT2D eigenvalue weighted by Gasteiger charge is -2.34. The van der Waals surface area contributed by atoms with E-state index >= 15 is 0 Å². The highest BCUT2D eigenvalue weighted by molar-refractivity contribution is 6.34. The van der Waals surface area contributed by atoms with E-state index in [1.807, 2.05) is 35.2 Å². The number of nitrogens with zero attached hydrogens (tertiary/aromatic N) is 3. The first-order valence-corrected chi connectivity index (χ1v) is 9.42. The van der Waals surface area contributed by atoms with E-state index in [0.29, 0.717) is 36.2 Å². The van der Waals surface area contributed by atoms with Gasteiger partial charge >= 0.3 is 0 Å². The second kappa shape index (κ2) is 7.39. The third-order valence-electron chi connectivity index (χ3n) is 4.76. The van der Waals surface area contributed by atoms with Gasteiger partial charge in [0.2, 0.25) is 5.91 Å². The molecule has 0 radical (unpaired) electrons. The van der Waals surface area contributed by atoms with Crippen LogP contribution in [0.25, 0.3) is 0 Å². The van der Waals surface area contributed by atoms with Crippen molar-refractivity contribution in [2.45, 2.75) is 13.0 Å². The van der Waals surface area contributed by atoms with E-state index in [1.165, 1.54) is 5.56 Å². The lowest BCUT2D eigenvalue weighted by atomic mass is 10.1. The van der Waals surface area contributed by atoms with Crippen molar-refractivity contribution in [1.29, 1.82) is 0 Å². The van der Waals surface area contributed by atoms with Crippen molar-refractivity contribution in [2.75, 3.05) is 26.2 Å². The van der Waals surface area contributed by atoms with Crippen LogP contribution in [-0.4, -0.2) is 47.6 Å². The van der Waals surface area contributed by atoms with Gasteiger partial charge in [0.15, 0.2) is 0 Å². The molecular formula is C20H19Cl2N3O. The van der Waals surface area contributed by atoms with Crippen molar-refractivity contribution in [3.8, 4) is 0 Å². The van der Waals surface area contributed by atoms with Gasteiger partial charge in [-0.25, -0.2) is 0 Å². The van der Waals surface area contributed by atoms with Crippen LogP contribution in [0.1, 0.15) is 11.1 Å². The molecule has 2 aromatic carbocycles.